The molecule has 170 valence electrons. The molecule has 0 radical (unpaired) electrons. The van der Waals surface area contributed by atoms with Gasteiger partial charge in [0.25, 0.3) is 0 Å². The Morgan fingerprint density at radius 2 is 1.87 bits per heavy atom. The predicted octanol–water partition coefficient (Wildman–Crippen LogP) is 3.58. The van der Waals surface area contributed by atoms with Gasteiger partial charge >= 0.3 is 0 Å². The predicted molar refractivity (Wildman–Crippen MR) is 116 cm³/mol. The molecule has 3 atom stereocenters. The lowest BCUT2D eigenvalue weighted by atomic mass is 9.86. The zero-order valence-corrected chi connectivity index (χ0v) is 18.5. The Balaban J connectivity index is 1.68. The van der Waals surface area contributed by atoms with Crippen LogP contribution in [0.3, 0.4) is 0 Å². The van der Waals surface area contributed by atoms with E-state index in [1.807, 2.05) is 45.9 Å². The van der Waals surface area contributed by atoms with Crippen LogP contribution in [0.4, 0.5) is 8.78 Å². The molecule has 3 rings (SSSR count). The van der Waals surface area contributed by atoms with E-state index in [-0.39, 0.29) is 25.1 Å². The average molecular weight is 435 g/mol. The number of benzene rings is 2. The fraction of sp³-hybridized carbons (Fsp3) is 0.500. The second-order valence-electron chi connectivity index (χ2n) is 8.91. The molecule has 2 aromatic rings. The van der Waals surface area contributed by atoms with E-state index in [1.165, 1.54) is 12.1 Å². The number of aliphatic hydroxyl groups is 1. The van der Waals surface area contributed by atoms with E-state index >= 15 is 0 Å². The summed E-state index contributed by atoms with van der Waals surface area (Å²) in [6.07, 6.45) is -0.682. The van der Waals surface area contributed by atoms with Crippen LogP contribution in [0.2, 0.25) is 0 Å². The molecule has 0 bridgehead atoms. The number of nitrogens with two attached hydrogens (primary N) is 1. The fourth-order valence-corrected chi connectivity index (χ4v) is 3.90. The number of nitrogens with one attached hydrogen (secondary N) is 1. The summed E-state index contributed by atoms with van der Waals surface area (Å²) in [7, 11) is 0. The highest BCUT2D eigenvalue weighted by molar-refractivity contribution is 5.42. The van der Waals surface area contributed by atoms with Gasteiger partial charge in [0.05, 0.1) is 30.5 Å². The van der Waals surface area contributed by atoms with Gasteiger partial charge in [0.2, 0.25) is 0 Å². The quantitative estimate of drug-likeness (QED) is 0.592. The van der Waals surface area contributed by atoms with Crippen LogP contribution in [0.5, 0.6) is 5.75 Å². The Hall–Kier alpha value is -2.06. The highest BCUT2D eigenvalue weighted by Gasteiger charge is 2.34. The zero-order chi connectivity index (χ0) is 22.8. The number of halogens is 2. The van der Waals surface area contributed by atoms with Crippen molar-refractivity contribution in [2.24, 2.45) is 5.73 Å². The van der Waals surface area contributed by atoms with Crippen LogP contribution in [0, 0.1) is 11.6 Å². The Bertz CT molecular complexity index is 884. The van der Waals surface area contributed by atoms with E-state index in [4.69, 9.17) is 15.2 Å². The van der Waals surface area contributed by atoms with Crippen molar-refractivity contribution in [1.29, 1.82) is 0 Å². The van der Waals surface area contributed by atoms with Crippen LogP contribution in [0.1, 0.15) is 50.4 Å². The van der Waals surface area contributed by atoms with Gasteiger partial charge in [0.15, 0.2) is 0 Å². The summed E-state index contributed by atoms with van der Waals surface area (Å²) in [6, 6.07) is 8.42. The summed E-state index contributed by atoms with van der Waals surface area (Å²) in [5.74, 6) is -0.538. The van der Waals surface area contributed by atoms with Gasteiger partial charge in [-0.15, -0.1) is 0 Å². The number of fused-ring (bicyclic) bond motifs is 1. The van der Waals surface area contributed by atoms with Gasteiger partial charge in [-0.3, -0.25) is 0 Å². The van der Waals surface area contributed by atoms with Crippen LogP contribution in [-0.2, 0) is 16.8 Å². The number of rotatable bonds is 8. The van der Waals surface area contributed by atoms with Crippen molar-refractivity contribution in [3.63, 3.8) is 0 Å². The average Bonchev–Trinajstić information content (AvgIpc) is 2.65. The molecule has 1 unspecified atom stereocenters. The summed E-state index contributed by atoms with van der Waals surface area (Å²) in [6.45, 7) is 8.64. The smallest absolute Gasteiger partial charge is 0.126 e. The summed E-state index contributed by atoms with van der Waals surface area (Å²) in [5, 5.41) is 13.9. The maximum atomic E-state index is 13.4. The van der Waals surface area contributed by atoms with Crippen molar-refractivity contribution >= 4 is 0 Å². The topological polar surface area (TPSA) is 76.7 Å². The largest absolute Gasteiger partial charge is 0.491 e. The first kappa shape index (κ1) is 23.6. The van der Waals surface area contributed by atoms with E-state index in [9.17, 15) is 13.9 Å². The maximum absolute atomic E-state index is 13.4. The van der Waals surface area contributed by atoms with Gasteiger partial charge in [-0.05, 0) is 75.1 Å². The molecular weight excluding hydrogens is 402 g/mol. The minimum atomic E-state index is -0.903. The molecule has 31 heavy (non-hydrogen) atoms. The van der Waals surface area contributed by atoms with Crippen molar-refractivity contribution in [2.45, 2.75) is 64.0 Å². The van der Waals surface area contributed by atoms with E-state index < -0.39 is 29.4 Å². The van der Waals surface area contributed by atoms with E-state index in [2.05, 4.69) is 5.32 Å². The lowest BCUT2D eigenvalue weighted by molar-refractivity contribution is -0.0486. The second kappa shape index (κ2) is 9.61. The summed E-state index contributed by atoms with van der Waals surface area (Å²) in [4.78, 5) is 0. The molecule has 1 heterocycles. The highest BCUT2D eigenvalue weighted by atomic mass is 19.1. The number of hydrogen-bond acceptors (Lipinski definition) is 5. The van der Waals surface area contributed by atoms with Crippen LogP contribution >= 0.6 is 0 Å². The molecule has 0 fully saturated rings. The van der Waals surface area contributed by atoms with Gasteiger partial charge in [0.1, 0.15) is 17.4 Å². The van der Waals surface area contributed by atoms with Gasteiger partial charge in [-0.25, -0.2) is 8.78 Å². The normalized spacial score (nSPS) is 19.7. The molecule has 5 nitrogen and oxygen atoms in total. The molecule has 0 saturated carbocycles. The summed E-state index contributed by atoms with van der Waals surface area (Å²) < 4.78 is 38.7. The third kappa shape index (κ3) is 6.01. The molecule has 0 spiro atoms. The molecule has 1 aliphatic rings. The van der Waals surface area contributed by atoms with Crippen LogP contribution in [-0.4, -0.2) is 36.5 Å². The first-order valence-corrected chi connectivity index (χ1v) is 10.6. The van der Waals surface area contributed by atoms with Crippen molar-refractivity contribution < 1.29 is 23.4 Å². The molecule has 7 heteroatoms. The molecule has 1 aliphatic heterocycles. The van der Waals surface area contributed by atoms with Crippen molar-refractivity contribution in [1.82, 2.24) is 5.32 Å². The Labute approximate surface area is 182 Å². The number of ether oxygens (including phenoxy) is 2. The molecule has 0 amide bonds. The SMILES string of the molecule is CC(C)Oc1ccc2c(c1)C(NC[C@@H](O)[C@@H](N)Cc1cc(F)cc(F)c1)COC2(C)C. The Morgan fingerprint density at radius 1 is 1.19 bits per heavy atom. The number of aliphatic hydroxyl groups excluding tert-OH is 1. The lowest BCUT2D eigenvalue weighted by Gasteiger charge is -2.38. The first-order valence-electron chi connectivity index (χ1n) is 10.6. The monoisotopic (exact) mass is 434 g/mol. The molecular formula is C24H32F2N2O3. The molecule has 0 saturated heterocycles. The van der Waals surface area contributed by atoms with Gasteiger partial charge in [-0.1, -0.05) is 6.07 Å². The maximum Gasteiger partial charge on any atom is 0.126 e. The standard InChI is InChI=1S/C24H32F2N2O3/c1-14(2)31-18-5-6-20-19(11-18)22(13-30-24(20,3)4)28-12-23(29)21(27)9-15-7-16(25)10-17(26)8-15/h5-8,10-11,14,21-23,28-29H,9,12-13,27H2,1-4H3/t21-,22?,23+/m0/s1. The summed E-state index contributed by atoms with van der Waals surface area (Å²) in [5.41, 5.74) is 8.19. The third-order valence-corrected chi connectivity index (χ3v) is 5.49. The van der Waals surface area contributed by atoms with E-state index in [1.54, 1.807) is 0 Å². The Morgan fingerprint density at radius 3 is 2.52 bits per heavy atom. The minimum absolute atomic E-state index is 0.0600. The van der Waals surface area contributed by atoms with Gasteiger partial charge in [0, 0.05) is 18.7 Å². The lowest BCUT2D eigenvalue weighted by Crippen LogP contribution is -2.46. The molecule has 0 aromatic heterocycles. The van der Waals surface area contributed by atoms with Crippen LogP contribution < -0.4 is 15.8 Å². The molecule has 0 aliphatic carbocycles. The Kier molecular flexibility index (Phi) is 7.31. The first-order chi connectivity index (χ1) is 14.5. The van der Waals surface area contributed by atoms with Crippen LogP contribution in [0.15, 0.2) is 36.4 Å². The van der Waals surface area contributed by atoms with Gasteiger partial charge in [-0.2, -0.15) is 0 Å². The van der Waals surface area contributed by atoms with Crippen molar-refractivity contribution in [3.05, 3.63) is 64.7 Å². The van der Waals surface area contributed by atoms with Crippen LogP contribution in [0.25, 0.3) is 0 Å². The fourth-order valence-electron chi connectivity index (χ4n) is 3.90. The zero-order valence-electron chi connectivity index (χ0n) is 18.5. The van der Waals surface area contributed by atoms with Crippen molar-refractivity contribution in [2.75, 3.05) is 13.2 Å². The molecule has 4 N–H and O–H groups in total. The molecule has 2 aromatic carbocycles. The van der Waals surface area contributed by atoms with E-state index in [0.717, 1.165) is 22.9 Å². The third-order valence-electron chi connectivity index (χ3n) is 5.49. The number of hydrogen-bond donors (Lipinski definition) is 3. The van der Waals surface area contributed by atoms with Crippen molar-refractivity contribution in [3.8, 4) is 5.75 Å². The van der Waals surface area contributed by atoms with Gasteiger partial charge < -0.3 is 25.6 Å². The summed E-state index contributed by atoms with van der Waals surface area (Å²) >= 11 is 0. The van der Waals surface area contributed by atoms with E-state index in [0.29, 0.717) is 12.2 Å². The highest BCUT2D eigenvalue weighted by Crippen LogP contribution is 2.38. The second-order valence-corrected chi connectivity index (χ2v) is 8.91. The minimum Gasteiger partial charge on any atom is -0.491 e.